The number of carbonyl (C=O) groups excluding carboxylic acids is 3. The van der Waals surface area contributed by atoms with E-state index in [1.807, 2.05) is 79.9 Å². The van der Waals surface area contributed by atoms with Crippen LogP contribution in [0.4, 0.5) is 9.59 Å². The number of benzene rings is 2. The highest BCUT2D eigenvalue weighted by molar-refractivity contribution is 7.10. The largest absolute Gasteiger partial charge is 0.444 e. The molecule has 4 aromatic rings. The van der Waals surface area contributed by atoms with Crippen molar-refractivity contribution in [2.45, 2.75) is 103 Å². The summed E-state index contributed by atoms with van der Waals surface area (Å²) in [6.07, 6.45) is 1.78. The lowest BCUT2D eigenvalue weighted by Crippen LogP contribution is -2.55. The van der Waals surface area contributed by atoms with Crippen molar-refractivity contribution in [2.24, 2.45) is 5.92 Å². The van der Waals surface area contributed by atoms with E-state index in [0.29, 0.717) is 19.4 Å². The fraction of sp³-hybridized carbons (Fsp3) is 0.462. The average Bonchev–Trinajstić information content (AvgIpc) is 3.83. The molecule has 4 amide bonds. The normalized spacial score (nSPS) is 13.8. The van der Waals surface area contributed by atoms with Crippen molar-refractivity contribution in [2.75, 3.05) is 7.05 Å². The first-order valence-corrected chi connectivity index (χ1v) is 19.4. The number of amides is 4. The Balaban J connectivity index is 1.46. The summed E-state index contributed by atoms with van der Waals surface area (Å²) in [6, 6.07) is 16.8. The van der Waals surface area contributed by atoms with Crippen molar-refractivity contribution in [3.63, 3.8) is 0 Å². The molecule has 0 saturated carbocycles. The first kappa shape index (κ1) is 40.4. The molecule has 4 rings (SSSR count). The molecule has 0 saturated heterocycles. The highest BCUT2D eigenvalue weighted by atomic mass is 32.1. The lowest BCUT2D eigenvalue weighted by atomic mass is 9.91. The molecule has 11 nitrogen and oxygen atoms in total. The Kier molecular flexibility index (Phi) is 15.2. The monoisotopic (exact) mass is 748 g/mol. The Hall–Kier alpha value is -4.33. The second-order valence-corrected chi connectivity index (χ2v) is 15.9. The first-order valence-electron chi connectivity index (χ1n) is 17.7. The zero-order chi connectivity index (χ0) is 37.7. The van der Waals surface area contributed by atoms with Crippen LogP contribution in [0.3, 0.4) is 0 Å². The van der Waals surface area contributed by atoms with Crippen molar-refractivity contribution in [1.82, 2.24) is 30.8 Å². The number of nitrogens with one attached hydrogen (secondary N) is 3. The zero-order valence-corrected chi connectivity index (χ0v) is 32.5. The molecule has 0 fully saturated rings. The summed E-state index contributed by atoms with van der Waals surface area (Å²) >= 11 is 2.97. The molecule has 2 aromatic heterocycles. The average molecular weight is 749 g/mol. The number of aliphatic hydroxyl groups is 1. The molecule has 0 radical (unpaired) electrons. The molecule has 52 heavy (non-hydrogen) atoms. The van der Waals surface area contributed by atoms with Gasteiger partial charge in [-0.3, -0.25) is 9.78 Å². The van der Waals surface area contributed by atoms with Gasteiger partial charge in [-0.05, 0) is 42.7 Å². The van der Waals surface area contributed by atoms with E-state index < -0.39 is 30.3 Å². The standard InChI is InChI=1S/C39H52N6O5S2/c1-7-39(4,5)36-42-30(24-51-36)22-45(6)37(48)44-34(26(2)3)35(47)41-29(18-27-14-10-8-11-15-27)20-33(46)32(19-28-16-12-9-13-17-28)43-38(49)50-23-31-21-40-25-52-31/h8-17,21,24-26,29,32-34,46H,7,18-20,22-23H2,1-6H3,(H,41,47)(H,43,49)(H,44,48)/t29-,32-,33-,34-/m0/s1. The fourth-order valence-electron chi connectivity index (χ4n) is 5.57. The van der Waals surface area contributed by atoms with Gasteiger partial charge in [0.05, 0.1) is 39.8 Å². The molecular weight excluding hydrogens is 697 g/mol. The van der Waals surface area contributed by atoms with Crippen molar-refractivity contribution < 1.29 is 24.2 Å². The van der Waals surface area contributed by atoms with Crippen LogP contribution in [0.5, 0.6) is 0 Å². The number of alkyl carbamates (subject to hydrolysis) is 1. The minimum absolute atomic E-state index is 0.0442. The van der Waals surface area contributed by atoms with E-state index in [4.69, 9.17) is 9.72 Å². The summed E-state index contributed by atoms with van der Waals surface area (Å²) < 4.78 is 5.43. The maximum atomic E-state index is 13.9. The summed E-state index contributed by atoms with van der Waals surface area (Å²) in [5.74, 6) is -0.584. The molecule has 0 aliphatic rings. The van der Waals surface area contributed by atoms with Gasteiger partial charge in [-0.15, -0.1) is 22.7 Å². The summed E-state index contributed by atoms with van der Waals surface area (Å²) in [5, 5.41) is 23.6. The van der Waals surface area contributed by atoms with E-state index in [9.17, 15) is 19.5 Å². The number of urea groups is 1. The molecule has 0 bridgehead atoms. The van der Waals surface area contributed by atoms with Gasteiger partial charge in [0.25, 0.3) is 0 Å². The first-order chi connectivity index (χ1) is 24.8. The number of hydrogen-bond donors (Lipinski definition) is 4. The number of aromatic nitrogens is 2. The van der Waals surface area contributed by atoms with Crippen LogP contribution in [0, 0.1) is 5.92 Å². The molecule has 4 atom stereocenters. The number of carbonyl (C=O) groups is 3. The number of nitrogens with zero attached hydrogens (tertiary/aromatic N) is 3. The predicted octanol–water partition coefficient (Wildman–Crippen LogP) is 6.47. The Bertz CT molecular complexity index is 1680. The third-order valence-corrected chi connectivity index (χ3v) is 11.1. The van der Waals surface area contributed by atoms with Crippen LogP contribution >= 0.6 is 22.7 Å². The molecule has 0 spiro atoms. The van der Waals surface area contributed by atoms with Gasteiger partial charge in [0.1, 0.15) is 12.6 Å². The second-order valence-electron chi connectivity index (χ2n) is 14.1. The van der Waals surface area contributed by atoms with Crippen molar-refractivity contribution in [3.8, 4) is 0 Å². The van der Waals surface area contributed by atoms with Crippen LogP contribution in [-0.2, 0) is 40.9 Å². The van der Waals surface area contributed by atoms with Crippen LogP contribution in [-0.4, -0.2) is 69.3 Å². The Labute approximate surface area is 315 Å². The third-order valence-electron chi connectivity index (χ3n) is 9.08. The van der Waals surface area contributed by atoms with Crippen LogP contribution in [0.15, 0.2) is 77.8 Å². The molecule has 2 aromatic carbocycles. The fourth-order valence-corrected chi connectivity index (χ4v) is 7.08. The highest BCUT2D eigenvalue weighted by Crippen LogP contribution is 2.29. The van der Waals surface area contributed by atoms with Gasteiger partial charge >= 0.3 is 12.1 Å². The summed E-state index contributed by atoms with van der Waals surface area (Å²) in [4.78, 5) is 51.4. The SMILES string of the molecule is CCC(C)(C)c1nc(CN(C)C(=O)N[C@H](C(=O)N[C@@H](Cc2ccccc2)C[C@H](O)[C@H](Cc2ccccc2)NC(=O)OCc2cncs2)C(C)C)cs1. The minimum Gasteiger partial charge on any atom is -0.444 e. The number of aliphatic hydroxyl groups excluding tert-OH is 1. The minimum atomic E-state index is -1.05. The maximum Gasteiger partial charge on any atom is 0.407 e. The quantitative estimate of drug-likeness (QED) is 0.0913. The van der Waals surface area contributed by atoms with E-state index in [2.05, 4.69) is 41.7 Å². The number of ether oxygens (including phenoxy) is 1. The predicted molar refractivity (Wildman–Crippen MR) is 206 cm³/mol. The Morgan fingerprint density at radius 2 is 1.60 bits per heavy atom. The third kappa shape index (κ3) is 12.4. The molecule has 0 aliphatic heterocycles. The Morgan fingerprint density at radius 3 is 2.19 bits per heavy atom. The Morgan fingerprint density at radius 1 is 0.942 bits per heavy atom. The summed E-state index contributed by atoms with van der Waals surface area (Å²) in [7, 11) is 1.69. The second kappa shape index (κ2) is 19.5. The van der Waals surface area contributed by atoms with E-state index in [0.717, 1.165) is 33.1 Å². The van der Waals surface area contributed by atoms with E-state index in [-0.39, 0.29) is 36.3 Å². The van der Waals surface area contributed by atoms with Gasteiger partial charge in [-0.2, -0.15) is 0 Å². The van der Waals surface area contributed by atoms with Gasteiger partial charge in [0.2, 0.25) is 5.91 Å². The molecular formula is C39H52N6O5S2. The van der Waals surface area contributed by atoms with Gasteiger partial charge in [0, 0.05) is 30.1 Å². The van der Waals surface area contributed by atoms with Crippen LogP contribution in [0.1, 0.15) is 74.2 Å². The van der Waals surface area contributed by atoms with Crippen molar-refractivity contribution in [1.29, 1.82) is 0 Å². The summed E-state index contributed by atoms with van der Waals surface area (Å²) in [6.45, 7) is 10.6. The maximum absolute atomic E-state index is 13.9. The van der Waals surface area contributed by atoms with E-state index >= 15 is 0 Å². The molecule has 0 unspecified atom stereocenters. The van der Waals surface area contributed by atoms with Crippen molar-refractivity contribution >= 4 is 40.7 Å². The number of hydrogen-bond acceptors (Lipinski definition) is 9. The highest BCUT2D eigenvalue weighted by Gasteiger charge is 2.31. The number of thiazole rings is 2. The van der Waals surface area contributed by atoms with Gasteiger partial charge in [-0.25, -0.2) is 14.6 Å². The summed E-state index contributed by atoms with van der Waals surface area (Å²) in [5.41, 5.74) is 4.31. The van der Waals surface area contributed by atoms with Crippen LogP contribution < -0.4 is 16.0 Å². The van der Waals surface area contributed by atoms with Gasteiger partial charge < -0.3 is 30.7 Å². The van der Waals surface area contributed by atoms with Gasteiger partial charge in [-0.1, -0.05) is 95.3 Å². The molecule has 2 heterocycles. The van der Waals surface area contributed by atoms with Crippen molar-refractivity contribution in [3.05, 3.63) is 104 Å². The molecule has 4 N–H and O–H groups in total. The van der Waals surface area contributed by atoms with Gasteiger partial charge in [0.15, 0.2) is 0 Å². The van der Waals surface area contributed by atoms with Crippen LogP contribution in [0.25, 0.3) is 0 Å². The van der Waals surface area contributed by atoms with Crippen LogP contribution in [0.2, 0.25) is 0 Å². The van der Waals surface area contributed by atoms with E-state index in [1.54, 1.807) is 30.1 Å². The number of rotatable bonds is 18. The lowest BCUT2D eigenvalue weighted by Gasteiger charge is -2.30. The topological polar surface area (TPSA) is 146 Å². The molecule has 0 aliphatic carbocycles. The van der Waals surface area contributed by atoms with E-state index in [1.165, 1.54) is 16.2 Å². The molecule has 280 valence electrons. The zero-order valence-electron chi connectivity index (χ0n) is 30.9. The smallest absolute Gasteiger partial charge is 0.407 e. The molecule has 13 heteroatoms. The lowest BCUT2D eigenvalue weighted by molar-refractivity contribution is -0.124.